The van der Waals surface area contributed by atoms with Gasteiger partial charge in [0.05, 0.1) is 17.3 Å². The molecule has 2 aliphatic rings. The minimum Gasteiger partial charge on any atom is -0.356 e. The second-order valence-corrected chi connectivity index (χ2v) is 6.41. The van der Waals surface area contributed by atoms with Crippen molar-refractivity contribution in [2.24, 2.45) is 5.41 Å². The lowest BCUT2D eigenvalue weighted by Crippen LogP contribution is -2.48. The molecule has 1 atom stereocenters. The molecule has 0 saturated carbocycles. The maximum atomic E-state index is 13.1. The Labute approximate surface area is 136 Å². The second-order valence-electron chi connectivity index (χ2n) is 6.41. The second kappa shape index (κ2) is 5.65. The molecule has 1 amide bonds. The molecule has 2 aromatic rings. The Morgan fingerprint density at radius 1 is 1.04 bits per heavy atom. The number of hydrogen-bond acceptors (Lipinski definition) is 4. The molecule has 1 spiro atoms. The van der Waals surface area contributed by atoms with Gasteiger partial charge in [-0.2, -0.15) is 0 Å². The first-order valence-corrected chi connectivity index (χ1v) is 8.17. The highest BCUT2D eigenvalue weighted by Gasteiger charge is 2.49. The summed E-state index contributed by atoms with van der Waals surface area (Å²) in [5.74, 6) is 1.21. The Kier molecular flexibility index (Phi) is 3.48. The van der Waals surface area contributed by atoms with E-state index in [9.17, 15) is 4.79 Å². The molecule has 5 heteroatoms. The monoisotopic (exact) mass is 308 g/mol. The standard InChI is InChI=1S/C18H20N4O/c23-17-18(8-12-22(17)15-5-3-9-19-13-15)7-4-11-21(14-18)16-6-1-2-10-20-16/h1-3,5-6,9-10,13H,4,7-8,11-12,14H2/t18-/m1/s1. The molecule has 2 aromatic heterocycles. The first-order valence-electron chi connectivity index (χ1n) is 8.17. The quantitative estimate of drug-likeness (QED) is 0.855. The fraction of sp³-hybridized carbons (Fsp3) is 0.389. The van der Waals surface area contributed by atoms with Crippen molar-refractivity contribution in [1.29, 1.82) is 0 Å². The molecule has 0 N–H and O–H groups in total. The molecule has 2 aliphatic heterocycles. The minimum absolute atomic E-state index is 0.242. The fourth-order valence-electron chi connectivity index (χ4n) is 3.83. The maximum Gasteiger partial charge on any atom is 0.235 e. The molecular formula is C18H20N4O. The van der Waals surface area contributed by atoms with Crippen molar-refractivity contribution < 1.29 is 4.79 Å². The molecule has 4 rings (SSSR count). The summed E-state index contributed by atoms with van der Waals surface area (Å²) in [5, 5.41) is 0. The van der Waals surface area contributed by atoms with Crippen LogP contribution in [-0.2, 0) is 4.79 Å². The van der Waals surface area contributed by atoms with Crippen molar-refractivity contribution in [3.63, 3.8) is 0 Å². The van der Waals surface area contributed by atoms with E-state index < -0.39 is 0 Å². The minimum atomic E-state index is -0.272. The third kappa shape index (κ3) is 2.46. The Morgan fingerprint density at radius 3 is 2.78 bits per heavy atom. The van der Waals surface area contributed by atoms with Gasteiger partial charge in [0.25, 0.3) is 0 Å². The summed E-state index contributed by atoms with van der Waals surface area (Å²) in [6.45, 7) is 2.51. The Bertz CT molecular complexity index is 691. The molecular weight excluding hydrogens is 288 g/mol. The van der Waals surface area contributed by atoms with Crippen LogP contribution < -0.4 is 9.80 Å². The average molecular weight is 308 g/mol. The zero-order valence-electron chi connectivity index (χ0n) is 13.1. The third-order valence-corrected chi connectivity index (χ3v) is 5.02. The van der Waals surface area contributed by atoms with Crippen molar-refractivity contribution in [3.05, 3.63) is 48.9 Å². The molecule has 4 heterocycles. The number of carbonyl (C=O) groups excluding carboxylic acids is 1. The van der Waals surface area contributed by atoms with Crippen molar-refractivity contribution in [2.75, 3.05) is 29.4 Å². The molecule has 23 heavy (non-hydrogen) atoms. The van der Waals surface area contributed by atoms with Crippen LogP contribution in [0.2, 0.25) is 0 Å². The van der Waals surface area contributed by atoms with E-state index in [0.717, 1.165) is 50.4 Å². The summed E-state index contributed by atoms with van der Waals surface area (Å²) in [7, 11) is 0. The van der Waals surface area contributed by atoms with E-state index in [4.69, 9.17) is 0 Å². The van der Waals surface area contributed by atoms with Crippen LogP contribution in [-0.4, -0.2) is 35.5 Å². The molecule has 5 nitrogen and oxygen atoms in total. The lowest BCUT2D eigenvalue weighted by atomic mass is 9.78. The largest absolute Gasteiger partial charge is 0.356 e. The smallest absolute Gasteiger partial charge is 0.235 e. The summed E-state index contributed by atoms with van der Waals surface area (Å²) >= 11 is 0. The molecule has 0 aliphatic carbocycles. The van der Waals surface area contributed by atoms with E-state index in [1.807, 2.05) is 41.4 Å². The van der Waals surface area contributed by atoms with Gasteiger partial charge in [-0.05, 0) is 43.5 Å². The number of pyridine rings is 2. The molecule has 2 fully saturated rings. The van der Waals surface area contributed by atoms with Crippen LogP contribution in [0.15, 0.2) is 48.9 Å². The average Bonchev–Trinajstić information content (AvgIpc) is 2.93. The summed E-state index contributed by atoms with van der Waals surface area (Å²) in [5.41, 5.74) is 0.635. The van der Waals surface area contributed by atoms with Gasteiger partial charge >= 0.3 is 0 Å². The van der Waals surface area contributed by atoms with Crippen molar-refractivity contribution in [1.82, 2.24) is 9.97 Å². The van der Waals surface area contributed by atoms with Crippen LogP contribution in [0, 0.1) is 5.41 Å². The SMILES string of the molecule is O=C1N(c2cccnc2)CC[C@@]12CCCN(c1ccccn1)C2. The summed E-state index contributed by atoms with van der Waals surface area (Å²) < 4.78 is 0. The van der Waals surface area contributed by atoms with Gasteiger partial charge in [-0.15, -0.1) is 0 Å². The summed E-state index contributed by atoms with van der Waals surface area (Å²) in [6, 6.07) is 9.80. The molecule has 0 aromatic carbocycles. The number of piperidine rings is 1. The molecule has 0 radical (unpaired) electrons. The number of anilines is 2. The van der Waals surface area contributed by atoms with Crippen LogP contribution in [0.25, 0.3) is 0 Å². The lowest BCUT2D eigenvalue weighted by Gasteiger charge is -2.39. The topological polar surface area (TPSA) is 49.3 Å². The van der Waals surface area contributed by atoms with Gasteiger partial charge in [0.1, 0.15) is 5.82 Å². The van der Waals surface area contributed by atoms with Crippen molar-refractivity contribution in [2.45, 2.75) is 19.3 Å². The summed E-state index contributed by atoms with van der Waals surface area (Å²) in [6.07, 6.45) is 8.23. The Balaban J connectivity index is 1.58. The van der Waals surface area contributed by atoms with Gasteiger partial charge in [0.15, 0.2) is 0 Å². The van der Waals surface area contributed by atoms with E-state index >= 15 is 0 Å². The van der Waals surface area contributed by atoms with Crippen LogP contribution in [0.4, 0.5) is 11.5 Å². The maximum absolute atomic E-state index is 13.1. The van der Waals surface area contributed by atoms with Gasteiger partial charge in [-0.3, -0.25) is 9.78 Å². The van der Waals surface area contributed by atoms with Gasteiger partial charge in [-0.1, -0.05) is 6.07 Å². The van der Waals surface area contributed by atoms with E-state index in [2.05, 4.69) is 14.9 Å². The Morgan fingerprint density at radius 2 is 2.00 bits per heavy atom. The van der Waals surface area contributed by atoms with Gasteiger partial charge in [0, 0.05) is 32.0 Å². The predicted molar refractivity (Wildman–Crippen MR) is 89.3 cm³/mol. The van der Waals surface area contributed by atoms with Gasteiger partial charge < -0.3 is 9.80 Å². The number of carbonyl (C=O) groups is 1. The predicted octanol–water partition coefficient (Wildman–Crippen LogP) is 2.50. The van der Waals surface area contributed by atoms with Gasteiger partial charge in [0.2, 0.25) is 5.91 Å². The third-order valence-electron chi connectivity index (χ3n) is 5.02. The first kappa shape index (κ1) is 14.2. The number of amides is 1. The van der Waals surface area contributed by atoms with Crippen LogP contribution in [0.1, 0.15) is 19.3 Å². The number of hydrogen-bond donors (Lipinski definition) is 0. The van der Waals surface area contributed by atoms with Gasteiger partial charge in [-0.25, -0.2) is 4.98 Å². The highest BCUT2D eigenvalue weighted by Crippen LogP contribution is 2.42. The van der Waals surface area contributed by atoms with Crippen LogP contribution in [0.3, 0.4) is 0 Å². The van der Waals surface area contributed by atoms with Crippen LogP contribution >= 0.6 is 0 Å². The molecule has 2 saturated heterocycles. The van der Waals surface area contributed by atoms with E-state index in [1.165, 1.54) is 0 Å². The fourth-order valence-corrected chi connectivity index (χ4v) is 3.83. The molecule has 0 unspecified atom stereocenters. The highest BCUT2D eigenvalue weighted by molar-refractivity contribution is 6.00. The molecule has 118 valence electrons. The van der Waals surface area contributed by atoms with Crippen molar-refractivity contribution >= 4 is 17.4 Å². The van der Waals surface area contributed by atoms with E-state index in [1.54, 1.807) is 12.4 Å². The van der Waals surface area contributed by atoms with Crippen molar-refractivity contribution in [3.8, 4) is 0 Å². The van der Waals surface area contributed by atoms with Crippen LogP contribution in [0.5, 0.6) is 0 Å². The highest BCUT2D eigenvalue weighted by atomic mass is 16.2. The number of rotatable bonds is 2. The van der Waals surface area contributed by atoms with E-state index in [0.29, 0.717) is 0 Å². The summed E-state index contributed by atoms with van der Waals surface area (Å²) in [4.78, 5) is 25.9. The normalized spacial score (nSPS) is 24.4. The molecule has 0 bridgehead atoms. The van der Waals surface area contributed by atoms with E-state index in [-0.39, 0.29) is 11.3 Å². The number of nitrogens with zero attached hydrogens (tertiary/aromatic N) is 4. The lowest BCUT2D eigenvalue weighted by molar-refractivity contribution is -0.126. The zero-order valence-corrected chi connectivity index (χ0v) is 13.1. The first-order chi connectivity index (χ1) is 11.3. The Hall–Kier alpha value is -2.43. The zero-order chi connectivity index (χ0) is 15.7. The number of aromatic nitrogens is 2.